The number of rotatable bonds is 4. The highest BCUT2D eigenvalue weighted by Crippen LogP contribution is 2.33. The van der Waals surface area contributed by atoms with Crippen LogP contribution in [0.3, 0.4) is 0 Å². The van der Waals surface area contributed by atoms with Gasteiger partial charge in [0.1, 0.15) is 11.1 Å². The first-order chi connectivity index (χ1) is 16.4. The number of amides is 1. The van der Waals surface area contributed by atoms with Crippen molar-refractivity contribution in [2.75, 3.05) is 7.11 Å². The Kier molecular flexibility index (Phi) is 9.03. The second-order valence-electron chi connectivity index (χ2n) is 6.31. The van der Waals surface area contributed by atoms with E-state index in [0.29, 0.717) is 36.4 Å². The fourth-order valence-electron chi connectivity index (χ4n) is 2.37. The normalized spacial score (nSPS) is 11.0. The number of carbonyl (C=O) groups excluding carboxylic acids is 2. The second kappa shape index (κ2) is 11.1. The monoisotopic (exact) mass is 525 g/mol. The topological polar surface area (TPSA) is 194 Å². The number of methoxy groups -OCH3 is 1. The Morgan fingerprint density at radius 3 is 1.56 bits per heavy atom. The van der Waals surface area contributed by atoms with Crippen molar-refractivity contribution in [2.24, 2.45) is 16.5 Å². The molecule has 4 N–H and O–H groups in total. The number of alkyl halides is 6. The third-order valence-electron chi connectivity index (χ3n) is 3.91. The summed E-state index contributed by atoms with van der Waals surface area (Å²) in [6.45, 7) is 0. The van der Waals surface area contributed by atoms with Crippen LogP contribution in [-0.2, 0) is 17.1 Å². The number of ether oxygens (including phenoxy) is 1. The van der Waals surface area contributed by atoms with Crippen LogP contribution in [0.4, 0.5) is 37.7 Å². The minimum absolute atomic E-state index is 0.326. The Balaban J connectivity index is 0.000000362. The first-order valence-electron chi connectivity index (χ1n) is 8.83. The molecule has 2 aromatic rings. The molecule has 0 aliphatic rings. The molecule has 194 valence electrons. The van der Waals surface area contributed by atoms with Crippen molar-refractivity contribution in [1.82, 2.24) is 0 Å². The number of hydrogen-bond acceptors (Lipinski definition) is 7. The first-order valence-corrected chi connectivity index (χ1v) is 8.83. The number of carbonyl (C=O) groups is 2. The molecule has 0 saturated carbocycles. The summed E-state index contributed by atoms with van der Waals surface area (Å²) in [6, 6.07) is 2.93. The van der Waals surface area contributed by atoms with Gasteiger partial charge in [-0.15, -0.1) is 0 Å². The fourth-order valence-corrected chi connectivity index (χ4v) is 2.37. The highest BCUT2D eigenvalue weighted by molar-refractivity contribution is 6.04. The summed E-state index contributed by atoms with van der Waals surface area (Å²) >= 11 is 0. The Bertz CT molecular complexity index is 1220. The van der Waals surface area contributed by atoms with Crippen molar-refractivity contribution < 1.29 is 50.5 Å². The molecule has 1 amide bonds. The average molecular weight is 525 g/mol. The number of hydrogen-bond donors (Lipinski definition) is 2. The Hall–Kier alpha value is -4.77. The lowest BCUT2D eigenvalue weighted by Gasteiger charge is -2.08. The van der Waals surface area contributed by atoms with E-state index in [9.17, 15) is 56.2 Å². The number of nitrogens with zero attached hydrogens (tertiary/aromatic N) is 3. The minimum atomic E-state index is -4.75. The van der Waals surface area contributed by atoms with E-state index in [1.165, 1.54) is 0 Å². The number of aliphatic imine (C=N–C) groups is 1. The molecule has 12 nitrogen and oxygen atoms in total. The maximum atomic E-state index is 12.5. The molecule has 0 unspecified atom stereocenters. The van der Waals surface area contributed by atoms with E-state index in [4.69, 9.17) is 11.5 Å². The Labute approximate surface area is 195 Å². The molecule has 0 saturated heterocycles. The van der Waals surface area contributed by atoms with Gasteiger partial charge < -0.3 is 16.2 Å². The molecule has 36 heavy (non-hydrogen) atoms. The van der Waals surface area contributed by atoms with Crippen molar-refractivity contribution in [3.8, 4) is 0 Å². The Morgan fingerprint density at radius 1 is 0.833 bits per heavy atom. The van der Waals surface area contributed by atoms with Crippen LogP contribution >= 0.6 is 0 Å². The molecule has 0 heterocycles. The first kappa shape index (κ1) is 29.3. The van der Waals surface area contributed by atoms with E-state index < -0.39 is 73.7 Å². The van der Waals surface area contributed by atoms with E-state index in [-0.39, 0.29) is 0 Å². The predicted octanol–water partition coefficient (Wildman–Crippen LogP) is 3.43. The number of benzene rings is 2. The van der Waals surface area contributed by atoms with Crippen molar-refractivity contribution >= 4 is 29.2 Å². The van der Waals surface area contributed by atoms with Crippen LogP contribution in [0.1, 0.15) is 31.8 Å². The molecule has 0 radical (unpaired) electrons. The van der Waals surface area contributed by atoms with Crippen LogP contribution < -0.4 is 11.5 Å². The van der Waals surface area contributed by atoms with E-state index >= 15 is 0 Å². The SMILES string of the molecule is COC(=O)c1cc(C(F)(F)F)ccc1[N+](=O)[O-].NC(N)=NC(=O)c1cc(C(F)(F)F)ccc1[N+](=O)[O-]. The molecular formula is C18H13F6N5O7. The zero-order valence-corrected chi connectivity index (χ0v) is 17.6. The van der Waals surface area contributed by atoms with Gasteiger partial charge in [0.2, 0.25) is 0 Å². The highest BCUT2D eigenvalue weighted by atomic mass is 19.4. The number of esters is 1. The predicted molar refractivity (Wildman–Crippen MR) is 108 cm³/mol. The summed E-state index contributed by atoms with van der Waals surface area (Å²) in [5, 5.41) is 21.2. The van der Waals surface area contributed by atoms with Crippen LogP contribution in [-0.4, -0.2) is 34.8 Å². The van der Waals surface area contributed by atoms with Crippen molar-refractivity contribution in [2.45, 2.75) is 12.4 Å². The van der Waals surface area contributed by atoms with Crippen LogP contribution in [0.15, 0.2) is 41.4 Å². The van der Waals surface area contributed by atoms with Gasteiger partial charge in [0.25, 0.3) is 17.3 Å². The van der Waals surface area contributed by atoms with Gasteiger partial charge in [-0.3, -0.25) is 25.0 Å². The van der Waals surface area contributed by atoms with Crippen LogP contribution in [0.5, 0.6) is 0 Å². The molecule has 0 aliphatic heterocycles. The fraction of sp³-hybridized carbons (Fsp3) is 0.167. The lowest BCUT2D eigenvalue weighted by Crippen LogP contribution is -2.24. The van der Waals surface area contributed by atoms with Crippen LogP contribution in [0, 0.1) is 20.2 Å². The number of nitro groups is 2. The molecule has 0 aliphatic carbocycles. The van der Waals surface area contributed by atoms with E-state index in [0.717, 1.165) is 7.11 Å². The largest absolute Gasteiger partial charge is 0.465 e. The average Bonchev–Trinajstić information content (AvgIpc) is 2.76. The number of nitrogens with two attached hydrogens (primary N) is 2. The van der Waals surface area contributed by atoms with Crippen molar-refractivity contribution in [3.05, 3.63) is 78.9 Å². The zero-order chi connectivity index (χ0) is 28.0. The summed E-state index contributed by atoms with van der Waals surface area (Å²) < 4.78 is 78.6. The third-order valence-corrected chi connectivity index (χ3v) is 3.91. The number of nitro benzene ring substituents is 2. The molecule has 2 rings (SSSR count). The van der Waals surface area contributed by atoms with E-state index in [1.54, 1.807) is 0 Å². The number of guanidine groups is 1. The number of halogens is 6. The summed E-state index contributed by atoms with van der Waals surface area (Å²) in [7, 11) is 0.923. The molecule has 0 fully saturated rings. The van der Waals surface area contributed by atoms with Crippen molar-refractivity contribution in [1.29, 1.82) is 0 Å². The molecule has 0 spiro atoms. The van der Waals surface area contributed by atoms with Gasteiger partial charge >= 0.3 is 18.3 Å². The maximum absolute atomic E-state index is 12.5. The molecular weight excluding hydrogens is 512 g/mol. The summed E-state index contributed by atoms with van der Waals surface area (Å²) in [4.78, 5) is 44.7. The van der Waals surface area contributed by atoms with Gasteiger partial charge in [-0.05, 0) is 24.3 Å². The molecule has 0 aromatic heterocycles. The van der Waals surface area contributed by atoms with Gasteiger partial charge in [-0.1, -0.05) is 0 Å². The Morgan fingerprint density at radius 2 is 1.22 bits per heavy atom. The smallest absolute Gasteiger partial charge is 0.416 e. The molecule has 0 atom stereocenters. The highest BCUT2D eigenvalue weighted by Gasteiger charge is 2.34. The molecule has 18 heteroatoms. The minimum Gasteiger partial charge on any atom is -0.465 e. The zero-order valence-electron chi connectivity index (χ0n) is 17.6. The van der Waals surface area contributed by atoms with Gasteiger partial charge in [-0.2, -0.15) is 31.3 Å². The standard InChI is InChI=1S/C9H7F3N4O3.C9H6F3NO4/c10-9(11,12)4-1-2-6(16(18)19)5(3-4)7(17)15-8(13)14;1-17-8(14)6-4-5(9(10,11)12)2-3-7(6)13(15)16/h1-3H,(H4,13,14,15,17);2-4H,1H3. The van der Waals surface area contributed by atoms with Gasteiger partial charge in [0.05, 0.1) is 28.1 Å². The lowest BCUT2D eigenvalue weighted by atomic mass is 10.1. The van der Waals surface area contributed by atoms with Crippen molar-refractivity contribution in [3.63, 3.8) is 0 Å². The van der Waals surface area contributed by atoms with Gasteiger partial charge in [0, 0.05) is 12.1 Å². The second-order valence-corrected chi connectivity index (χ2v) is 6.31. The van der Waals surface area contributed by atoms with Gasteiger partial charge in [-0.25, -0.2) is 4.79 Å². The molecule has 2 aromatic carbocycles. The summed E-state index contributed by atoms with van der Waals surface area (Å²) in [5.41, 5.74) is 4.31. The maximum Gasteiger partial charge on any atom is 0.416 e. The van der Waals surface area contributed by atoms with Gasteiger partial charge in [0.15, 0.2) is 5.96 Å². The quantitative estimate of drug-likeness (QED) is 0.150. The lowest BCUT2D eigenvalue weighted by molar-refractivity contribution is -0.385. The van der Waals surface area contributed by atoms with E-state index in [2.05, 4.69) is 9.73 Å². The summed E-state index contributed by atoms with van der Waals surface area (Å²) in [6.07, 6.45) is -9.43. The molecule has 0 bridgehead atoms. The van der Waals surface area contributed by atoms with Crippen LogP contribution in [0.2, 0.25) is 0 Å². The third kappa shape index (κ3) is 7.64. The van der Waals surface area contributed by atoms with Crippen LogP contribution in [0.25, 0.3) is 0 Å². The van der Waals surface area contributed by atoms with E-state index in [1.807, 2.05) is 0 Å². The summed E-state index contributed by atoms with van der Waals surface area (Å²) in [5.74, 6) is -3.22.